The van der Waals surface area contributed by atoms with Gasteiger partial charge >= 0.3 is 5.97 Å². The number of rotatable bonds is 5. The van der Waals surface area contributed by atoms with Crippen LogP contribution < -0.4 is 0 Å². The molecule has 4 rings (SSSR count). The Morgan fingerprint density at radius 2 is 1.48 bits per heavy atom. The molecular formula is C26H25NO2. The van der Waals surface area contributed by atoms with Crippen LogP contribution in [0.3, 0.4) is 0 Å². The first-order chi connectivity index (χ1) is 14.3. The summed E-state index contributed by atoms with van der Waals surface area (Å²) in [5, 5.41) is 0. The third-order valence-corrected chi connectivity index (χ3v) is 5.50. The lowest BCUT2D eigenvalue weighted by Crippen LogP contribution is -2.24. The molecule has 3 aromatic rings. The van der Waals surface area contributed by atoms with Crippen LogP contribution in [-0.2, 0) is 16.1 Å². The van der Waals surface area contributed by atoms with E-state index in [0.717, 1.165) is 30.6 Å². The Labute approximate surface area is 172 Å². The SMILES string of the molecule is COC(=O)/C(=C1/CC[C@@H](c2ccccc2)N1Cc1ccccc1)c1ccccc1. The monoisotopic (exact) mass is 383 g/mol. The third-order valence-electron chi connectivity index (χ3n) is 5.50. The first-order valence-corrected chi connectivity index (χ1v) is 10.0. The van der Waals surface area contributed by atoms with E-state index in [1.165, 1.54) is 18.2 Å². The van der Waals surface area contributed by atoms with Gasteiger partial charge in [0, 0.05) is 12.2 Å². The highest BCUT2D eigenvalue weighted by atomic mass is 16.5. The van der Waals surface area contributed by atoms with E-state index >= 15 is 0 Å². The van der Waals surface area contributed by atoms with Crippen LogP contribution in [0.1, 0.15) is 35.6 Å². The molecule has 1 aliphatic rings. The highest BCUT2D eigenvalue weighted by molar-refractivity contribution is 6.17. The minimum absolute atomic E-state index is 0.231. The number of benzene rings is 3. The zero-order valence-corrected chi connectivity index (χ0v) is 16.6. The van der Waals surface area contributed by atoms with Crippen molar-refractivity contribution in [1.29, 1.82) is 0 Å². The predicted molar refractivity (Wildman–Crippen MR) is 116 cm³/mol. The fourth-order valence-corrected chi connectivity index (χ4v) is 4.15. The van der Waals surface area contributed by atoms with Gasteiger partial charge in [-0.25, -0.2) is 4.79 Å². The molecule has 29 heavy (non-hydrogen) atoms. The lowest BCUT2D eigenvalue weighted by atomic mass is 10.0. The number of hydrogen-bond donors (Lipinski definition) is 0. The Hall–Kier alpha value is -3.33. The fraction of sp³-hybridized carbons (Fsp3) is 0.192. The number of hydrogen-bond acceptors (Lipinski definition) is 3. The van der Waals surface area contributed by atoms with E-state index in [-0.39, 0.29) is 12.0 Å². The molecule has 0 amide bonds. The van der Waals surface area contributed by atoms with Crippen LogP contribution >= 0.6 is 0 Å². The van der Waals surface area contributed by atoms with Gasteiger partial charge in [-0.1, -0.05) is 91.0 Å². The second kappa shape index (κ2) is 8.78. The highest BCUT2D eigenvalue weighted by Crippen LogP contribution is 2.43. The Balaban J connectivity index is 1.83. The van der Waals surface area contributed by atoms with Gasteiger partial charge in [0.1, 0.15) is 0 Å². The average molecular weight is 383 g/mol. The van der Waals surface area contributed by atoms with Crippen LogP contribution in [0, 0.1) is 0 Å². The zero-order chi connectivity index (χ0) is 20.1. The Bertz CT molecular complexity index is 981. The van der Waals surface area contributed by atoms with Crippen molar-refractivity contribution >= 4 is 11.5 Å². The first kappa shape index (κ1) is 19.0. The van der Waals surface area contributed by atoms with E-state index < -0.39 is 0 Å². The molecule has 0 radical (unpaired) electrons. The molecular weight excluding hydrogens is 358 g/mol. The molecule has 0 spiro atoms. The van der Waals surface area contributed by atoms with Gasteiger partial charge in [-0.15, -0.1) is 0 Å². The highest BCUT2D eigenvalue weighted by Gasteiger charge is 2.33. The number of nitrogens with zero attached hydrogens (tertiary/aromatic N) is 1. The molecule has 1 saturated heterocycles. The van der Waals surface area contributed by atoms with Gasteiger partial charge in [0.2, 0.25) is 0 Å². The third kappa shape index (κ3) is 4.09. The topological polar surface area (TPSA) is 29.5 Å². The smallest absolute Gasteiger partial charge is 0.340 e. The number of ether oxygens (including phenoxy) is 1. The summed E-state index contributed by atoms with van der Waals surface area (Å²) >= 11 is 0. The number of carbonyl (C=O) groups excluding carboxylic acids is 1. The van der Waals surface area contributed by atoms with Gasteiger partial charge in [-0.05, 0) is 29.5 Å². The van der Waals surface area contributed by atoms with Crippen LogP contribution in [0.2, 0.25) is 0 Å². The normalized spacial score (nSPS) is 17.8. The van der Waals surface area contributed by atoms with Crippen LogP contribution in [0.25, 0.3) is 5.57 Å². The van der Waals surface area contributed by atoms with Crippen LogP contribution in [0.15, 0.2) is 96.7 Å². The molecule has 1 fully saturated rings. The summed E-state index contributed by atoms with van der Waals surface area (Å²) in [7, 11) is 1.46. The predicted octanol–water partition coefficient (Wildman–Crippen LogP) is 5.61. The lowest BCUT2D eigenvalue weighted by Gasteiger charge is -2.30. The average Bonchev–Trinajstić information content (AvgIpc) is 3.19. The van der Waals surface area contributed by atoms with E-state index in [2.05, 4.69) is 53.4 Å². The van der Waals surface area contributed by atoms with E-state index in [0.29, 0.717) is 5.57 Å². The van der Waals surface area contributed by atoms with Crippen LogP contribution in [0.5, 0.6) is 0 Å². The van der Waals surface area contributed by atoms with Crippen molar-refractivity contribution < 1.29 is 9.53 Å². The molecule has 0 saturated carbocycles. The molecule has 0 aromatic heterocycles. The molecule has 0 N–H and O–H groups in total. The summed E-state index contributed by atoms with van der Waals surface area (Å²) in [5.41, 5.74) is 5.13. The van der Waals surface area contributed by atoms with Crippen molar-refractivity contribution in [3.63, 3.8) is 0 Å². The van der Waals surface area contributed by atoms with Gasteiger partial charge in [-0.3, -0.25) is 0 Å². The van der Waals surface area contributed by atoms with Gasteiger partial charge in [0.05, 0.1) is 18.7 Å². The summed E-state index contributed by atoms with van der Waals surface area (Å²) in [5.74, 6) is -0.280. The zero-order valence-electron chi connectivity index (χ0n) is 16.6. The summed E-state index contributed by atoms with van der Waals surface area (Å²) in [6.45, 7) is 0.753. The number of likely N-dealkylation sites (tertiary alicyclic amines) is 1. The number of allylic oxidation sites excluding steroid dienone is 1. The van der Waals surface area contributed by atoms with E-state index in [1.54, 1.807) is 0 Å². The Kier molecular flexibility index (Phi) is 5.76. The maximum atomic E-state index is 12.8. The van der Waals surface area contributed by atoms with Crippen molar-refractivity contribution in [2.75, 3.05) is 7.11 Å². The molecule has 0 unspecified atom stereocenters. The van der Waals surface area contributed by atoms with E-state index in [1.807, 2.05) is 42.5 Å². The summed E-state index contributed by atoms with van der Waals surface area (Å²) in [4.78, 5) is 15.2. The van der Waals surface area contributed by atoms with Gasteiger partial charge in [0.25, 0.3) is 0 Å². The molecule has 3 aromatic carbocycles. The maximum Gasteiger partial charge on any atom is 0.340 e. The largest absolute Gasteiger partial charge is 0.465 e. The Morgan fingerprint density at radius 1 is 0.897 bits per heavy atom. The van der Waals surface area contributed by atoms with Gasteiger partial charge in [-0.2, -0.15) is 0 Å². The minimum Gasteiger partial charge on any atom is -0.465 e. The lowest BCUT2D eigenvalue weighted by molar-refractivity contribution is -0.133. The van der Waals surface area contributed by atoms with Crippen molar-refractivity contribution in [3.8, 4) is 0 Å². The summed E-state index contributed by atoms with van der Waals surface area (Å²) < 4.78 is 5.20. The number of carbonyl (C=O) groups is 1. The molecule has 1 aliphatic heterocycles. The Morgan fingerprint density at radius 3 is 2.10 bits per heavy atom. The van der Waals surface area contributed by atoms with Crippen molar-refractivity contribution in [1.82, 2.24) is 4.90 Å². The van der Waals surface area contributed by atoms with E-state index in [9.17, 15) is 4.79 Å². The van der Waals surface area contributed by atoms with E-state index in [4.69, 9.17) is 4.74 Å². The number of esters is 1. The second-order valence-electron chi connectivity index (χ2n) is 7.26. The molecule has 1 heterocycles. The molecule has 1 atom stereocenters. The van der Waals surface area contributed by atoms with Gasteiger partial charge < -0.3 is 9.64 Å². The molecule has 3 nitrogen and oxygen atoms in total. The van der Waals surface area contributed by atoms with Crippen molar-refractivity contribution in [2.24, 2.45) is 0 Å². The van der Waals surface area contributed by atoms with Crippen LogP contribution in [0.4, 0.5) is 0 Å². The van der Waals surface area contributed by atoms with Crippen LogP contribution in [-0.4, -0.2) is 18.0 Å². The fourth-order valence-electron chi connectivity index (χ4n) is 4.15. The molecule has 0 aliphatic carbocycles. The molecule has 3 heteroatoms. The summed E-state index contributed by atoms with van der Waals surface area (Å²) in [6, 6.07) is 31.1. The molecule has 0 bridgehead atoms. The quantitative estimate of drug-likeness (QED) is 0.424. The second-order valence-corrected chi connectivity index (χ2v) is 7.26. The van der Waals surface area contributed by atoms with Gasteiger partial charge in [0.15, 0.2) is 0 Å². The standard InChI is InChI=1S/C26H25NO2/c1-29-26(28)25(22-15-9-4-10-16-22)24-18-17-23(21-13-7-3-8-14-21)27(24)19-20-11-5-2-6-12-20/h2-16,23H,17-19H2,1H3/b25-24-/t23-/m0/s1. The van der Waals surface area contributed by atoms with Crippen molar-refractivity contribution in [2.45, 2.75) is 25.4 Å². The minimum atomic E-state index is -0.280. The first-order valence-electron chi connectivity index (χ1n) is 10.0. The molecule has 146 valence electrons. The maximum absolute atomic E-state index is 12.8. The van der Waals surface area contributed by atoms with Crippen molar-refractivity contribution in [3.05, 3.63) is 113 Å². The number of methoxy groups -OCH3 is 1. The summed E-state index contributed by atoms with van der Waals surface area (Å²) in [6.07, 6.45) is 1.81.